The van der Waals surface area contributed by atoms with Crippen molar-refractivity contribution in [2.45, 2.75) is 51.0 Å². The Balaban J connectivity index is 2.18. The van der Waals surface area contributed by atoms with E-state index in [9.17, 15) is 0 Å². The number of aryl methyl sites for hydroxylation is 1. The molecule has 4 heteroatoms. The zero-order valence-corrected chi connectivity index (χ0v) is 11.6. The van der Waals surface area contributed by atoms with E-state index in [0.29, 0.717) is 6.54 Å². The van der Waals surface area contributed by atoms with Gasteiger partial charge in [0.15, 0.2) is 0 Å². The van der Waals surface area contributed by atoms with Gasteiger partial charge in [-0.3, -0.25) is 4.98 Å². The molecule has 0 spiro atoms. The van der Waals surface area contributed by atoms with Crippen LogP contribution in [0.15, 0.2) is 18.5 Å². The predicted molar refractivity (Wildman–Crippen MR) is 77.0 cm³/mol. The van der Waals surface area contributed by atoms with Gasteiger partial charge < -0.3 is 10.3 Å². The van der Waals surface area contributed by atoms with E-state index < -0.39 is 0 Å². The van der Waals surface area contributed by atoms with Gasteiger partial charge in [-0.2, -0.15) is 0 Å². The van der Waals surface area contributed by atoms with Gasteiger partial charge in [0.2, 0.25) is 0 Å². The van der Waals surface area contributed by atoms with Gasteiger partial charge >= 0.3 is 0 Å². The van der Waals surface area contributed by atoms with Gasteiger partial charge in [0.1, 0.15) is 11.3 Å². The van der Waals surface area contributed by atoms with Crippen molar-refractivity contribution in [2.24, 2.45) is 5.73 Å². The SMILES string of the molecule is CCCn1c(C2(CN)CCCC2)nc2cnccc21. The smallest absolute Gasteiger partial charge is 0.117 e. The molecular formula is C15H22N4. The largest absolute Gasteiger partial charge is 0.329 e. The molecular weight excluding hydrogens is 236 g/mol. The molecule has 0 aromatic carbocycles. The molecule has 4 nitrogen and oxygen atoms in total. The summed E-state index contributed by atoms with van der Waals surface area (Å²) in [6, 6.07) is 2.07. The van der Waals surface area contributed by atoms with Crippen LogP contribution >= 0.6 is 0 Å². The molecule has 1 aliphatic carbocycles. The Bertz CT molecular complexity index is 567. The molecule has 0 radical (unpaired) electrons. The highest BCUT2D eigenvalue weighted by molar-refractivity contribution is 5.75. The zero-order valence-electron chi connectivity index (χ0n) is 11.6. The fraction of sp³-hybridized carbons (Fsp3) is 0.600. The normalized spacial score (nSPS) is 18.2. The number of hydrogen-bond acceptors (Lipinski definition) is 3. The lowest BCUT2D eigenvalue weighted by Gasteiger charge is -2.27. The van der Waals surface area contributed by atoms with Crippen LogP contribution in [0.3, 0.4) is 0 Å². The van der Waals surface area contributed by atoms with Crippen LogP contribution in [0.5, 0.6) is 0 Å². The van der Waals surface area contributed by atoms with Crippen LogP contribution in [-0.4, -0.2) is 21.1 Å². The number of fused-ring (bicyclic) bond motifs is 1. The highest BCUT2D eigenvalue weighted by Crippen LogP contribution is 2.40. The van der Waals surface area contributed by atoms with E-state index >= 15 is 0 Å². The molecule has 0 atom stereocenters. The highest BCUT2D eigenvalue weighted by atomic mass is 15.1. The summed E-state index contributed by atoms with van der Waals surface area (Å²) in [7, 11) is 0. The molecule has 0 amide bonds. The zero-order chi connectivity index (χ0) is 13.3. The minimum Gasteiger partial charge on any atom is -0.329 e. The quantitative estimate of drug-likeness (QED) is 0.917. The van der Waals surface area contributed by atoms with Crippen LogP contribution in [0.1, 0.15) is 44.9 Å². The first-order valence-corrected chi connectivity index (χ1v) is 7.31. The first-order chi connectivity index (χ1) is 9.30. The lowest BCUT2D eigenvalue weighted by atomic mass is 9.85. The summed E-state index contributed by atoms with van der Waals surface area (Å²) < 4.78 is 2.37. The summed E-state index contributed by atoms with van der Waals surface area (Å²) in [5.74, 6) is 1.19. The maximum absolute atomic E-state index is 6.12. The van der Waals surface area contributed by atoms with E-state index in [1.807, 2.05) is 12.4 Å². The summed E-state index contributed by atoms with van der Waals surface area (Å²) in [4.78, 5) is 9.07. The van der Waals surface area contributed by atoms with Gasteiger partial charge in [0.05, 0.1) is 11.7 Å². The average Bonchev–Trinajstić information content (AvgIpc) is 3.05. The minimum absolute atomic E-state index is 0.0915. The molecule has 2 heterocycles. The first-order valence-electron chi connectivity index (χ1n) is 7.31. The lowest BCUT2D eigenvalue weighted by molar-refractivity contribution is 0.404. The van der Waals surface area contributed by atoms with Crippen molar-refractivity contribution in [3.05, 3.63) is 24.3 Å². The molecule has 2 aromatic rings. The number of aromatic nitrogens is 3. The molecule has 3 rings (SSSR count). The second kappa shape index (κ2) is 4.93. The van der Waals surface area contributed by atoms with Gasteiger partial charge in [0, 0.05) is 24.7 Å². The Morgan fingerprint density at radius 1 is 1.37 bits per heavy atom. The number of rotatable bonds is 4. The van der Waals surface area contributed by atoms with Crippen LogP contribution in [0.25, 0.3) is 11.0 Å². The van der Waals surface area contributed by atoms with Crippen LogP contribution in [0.4, 0.5) is 0 Å². The number of nitrogens with two attached hydrogens (primary N) is 1. The topological polar surface area (TPSA) is 56.7 Å². The van der Waals surface area contributed by atoms with E-state index in [4.69, 9.17) is 10.7 Å². The van der Waals surface area contributed by atoms with Gasteiger partial charge in [-0.05, 0) is 25.3 Å². The summed E-state index contributed by atoms with van der Waals surface area (Å²) >= 11 is 0. The summed E-state index contributed by atoms with van der Waals surface area (Å²) in [5.41, 5.74) is 8.42. The van der Waals surface area contributed by atoms with Crippen molar-refractivity contribution in [2.75, 3.05) is 6.54 Å². The number of nitrogens with zero attached hydrogens (tertiary/aromatic N) is 3. The Morgan fingerprint density at radius 2 is 2.16 bits per heavy atom. The second-order valence-electron chi connectivity index (χ2n) is 5.64. The van der Waals surface area contributed by atoms with E-state index in [0.717, 1.165) is 18.5 Å². The van der Waals surface area contributed by atoms with Crippen LogP contribution in [-0.2, 0) is 12.0 Å². The molecule has 102 valence electrons. The molecule has 0 aliphatic heterocycles. The minimum atomic E-state index is 0.0915. The van der Waals surface area contributed by atoms with Crippen molar-refractivity contribution in [3.63, 3.8) is 0 Å². The maximum atomic E-state index is 6.12. The van der Waals surface area contributed by atoms with Gasteiger partial charge in [-0.15, -0.1) is 0 Å². The molecule has 1 aliphatic rings. The van der Waals surface area contributed by atoms with Crippen molar-refractivity contribution < 1.29 is 0 Å². The monoisotopic (exact) mass is 258 g/mol. The first kappa shape index (κ1) is 12.6. The molecule has 0 unspecified atom stereocenters. The van der Waals surface area contributed by atoms with Gasteiger partial charge in [0.25, 0.3) is 0 Å². The third-order valence-electron chi connectivity index (χ3n) is 4.42. The molecule has 2 N–H and O–H groups in total. The van der Waals surface area contributed by atoms with Crippen molar-refractivity contribution in [1.82, 2.24) is 14.5 Å². The number of imidazole rings is 1. The average molecular weight is 258 g/mol. The number of hydrogen-bond donors (Lipinski definition) is 1. The van der Waals surface area contributed by atoms with E-state index in [1.165, 1.54) is 37.0 Å². The Hall–Kier alpha value is -1.42. The third kappa shape index (κ3) is 1.94. The molecule has 19 heavy (non-hydrogen) atoms. The predicted octanol–water partition coefficient (Wildman–Crippen LogP) is 2.61. The lowest BCUT2D eigenvalue weighted by Crippen LogP contribution is -2.35. The highest BCUT2D eigenvalue weighted by Gasteiger charge is 2.38. The van der Waals surface area contributed by atoms with Crippen molar-refractivity contribution in [3.8, 4) is 0 Å². The van der Waals surface area contributed by atoms with E-state index in [2.05, 4.69) is 22.5 Å². The van der Waals surface area contributed by atoms with Crippen LogP contribution < -0.4 is 5.73 Å². The fourth-order valence-corrected chi connectivity index (χ4v) is 3.41. The summed E-state index contributed by atoms with van der Waals surface area (Å²) in [5, 5.41) is 0. The Morgan fingerprint density at radius 3 is 2.84 bits per heavy atom. The van der Waals surface area contributed by atoms with Crippen molar-refractivity contribution >= 4 is 11.0 Å². The number of pyridine rings is 1. The summed E-state index contributed by atoms with van der Waals surface area (Å²) in [6.07, 6.45) is 9.71. The molecule has 2 aromatic heterocycles. The molecule has 0 bridgehead atoms. The molecule has 0 saturated heterocycles. The van der Waals surface area contributed by atoms with Crippen LogP contribution in [0.2, 0.25) is 0 Å². The molecule has 1 fully saturated rings. The van der Waals surface area contributed by atoms with Gasteiger partial charge in [-0.25, -0.2) is 4.98 Å². The third-order valence-corrected chi connectivity index (χ3v) is 4.42. The Labute approximate surface area is 114 Å². The van der Waals surface area contributed by atoms with Gasteiger partial charge in [-0.1, -0.05) is 19.8 Å². The molecule has 1 saturated carbocycles. The van der Waals surface area contributed by atoms with E-state index in [-0.39, 0.29) is 5.41 Å². The van der Waals surface area contributed by atoms with E-state index in [1.54, 1.807) is 0 Å². The van der Waals surface area contributed by atoms with Crippen molar-refractivity contribution in [1.29, 1.82) is 0 Å². The Kier molecular flexibility index (Phi) is 3.27. The summed E-state index contributed by atoms with van der Waals surface area (Å²) in [6.45, 7) is 3.92. The standard InChI is InChI=1S/C15H22N4/c1-2-9-19-13-5-8-17-10-12(13)18-14(19)15(11-16)6-3-4-7-15/h5,8,10H,2-4,6-7,9,11,16H2,1H3. The fourth-order valence-electron chi connectivity index (χ4n) is 3.41. The second-order valence-corrected chi connectivity index (χ2v) is 5.64. The van der Waals surface area contributed by atoms with Crippen LogP contribution in [0, 0.1) is 0 Å². The maximum Gasteiger partial charge on any atom is 0.117 e.